The van der Waals surface area contributed by atoms with Gasteiger partial charge in [-0.25, -0.2) is 4.98 Å². The number of benzene rings is 3. The topological polar surface area (TPSA) is 73.5 Å². The van der Waals surface area contributed by atoms with Crippen LogP contribution in [0, 0.1) is 0 Å². The molecule has 0 spiro atoms. The molecule has 0 radical (unpaired) electrons. The van der Waals surface area contributed by atoms with Crippen molar-refractivity contribution in [1.82, 2.24) is 9.66 Å². The van der Waals surface area contributed by atoms with E-state index in [0.29, 0.717) is 49.4 Å². The molecule has 3 heterocycles. The first-order valence-electron chi connectivity index (χ1n) is 10.7. The van der Waals surface area contributed by atoms with E-state index in [1.54, 1.807) is 48.5 Å². The summed E-state index contributed by atoms with van der Waals surface area (Å²) in [5, 5.41) is 6.77. The van der Waals surface area contributed by atoms with Gasteiger partial charge in [0.2, 0.25) is 5.82 Å². The summed E-state index contributed by atoms with van der Waals surface area (Å²) >= 11 is 12.3. The normalized spacial score (nSPS) is 11.7. The van der Waals surface area contributed by atoms with Gasteiger partial charge in [0.15, 0.2) is 5.76 Å². The highest BCUT2D eigenvalue weighted by atomic mass is 35.5. The lowest BCUT2D eigenvalue weighted by Gasteiger charge is -2.06. The number of halogens is 2. The molecule has 0 saturated heterocycles. The number of rotatable bonds is 4. The maximum atomic E-state index is 13.4. The van der Waals surface area contributed by atoms with Crippen molar-refractivity contribution in [3.63, 3.8) is 0 Å². The van der Waals surface area contributed by atoms with Crippen molar-refractivity contribution < 1.29 is 8.83 Å². The lowest BCUT2D eigenvalue weighted by Crippen LogP contribution is -2.20. The van der Waals surface area contributed by atoms with Crippen molar-refractivity contribution in [1.29, 1.82) is 0 Å². The highest BCUT2D eigenvalue weighted by Crippen LogP contribution is 2.31. The minimum Gasteiger partial charge on any atom is -0.455 e. The first-order chi connectivity index (χ1) is 17.1. The third-order valence-electron chi connectivity index (χ3n) is 5.52. The molecule has 3 aromatic carbocycles. The first-order valence-corrected chi connectivity index (χ1v) is 11.4. The SMILES string of the molecule is O=c1c2ccccc2nc(-c2cc3ccccc3o2)n1N=Cc1ccc(-c2ccc(Cl)cc2Cl)o1. The van der Waals surface area contributed by atoms with Crippen LogP contribution in [0.3, 0.4) is 0 Å². The molecule has 0 amide bonds. The number of hydrogen-bond acceptors (Lipinski definition) is 5. The van der Waals surface area contributed by atoms with E-state index in [-0.39, 0.29) is 11.4 Å². The number of nitrogens with zero attached hydrogens (tertiary/aromatic N) is 3. The Balaban J connectivity index is 1.46. The monoisotopic (exact) mass is 499 g/mol. The number of para-hydroxylation sites is 2. The summed E-state index contributed by atoms with van der Waals surface area (Å²) in [7, 11) is 0. The molecule has 6 rings (SSSR count). The second-order valence-electron chi connectivity index (χ2n) is 7.79. The van der Waals surface area contributed by atoms with Gasteiger partial charge in [0.1, 0.15) is 17.1 Å². The smallest absolute Gasteiger partial charge is 0.282 e. The van der Waals surface area contributed by atoms with Gasteiger partial charge >= 0.3 is 0 Å². The van der Waals surface area contributed by atoms with E-state index in [0.717, 1.165) is 5.39 Å². The molecular weight excluding hydrogens is 485 g/mol. The van der Waals surface area contributed by atoms with E-state index in [1.807, 2.05) is 36.4 Å². The second kappa shape index (κ2) is 8.58. The average Bonchev–Trinajstić information content (AvgIpc) is 3.50. The van der Waals surface area contributed by atoms with Gasteiger partial charge in [-0.15, -0.1) is 0 Å². The molecule has 0 aliphatic rings. The summed E-state index contributed by atoms with van der Waals surface area (Å²) in [6, 6.07) is 25.2. The van der Waals surface area contributed by atoms with Crippen LogP contribution < -0.4 is 5.56 Å². The Morgan fingerprint density at radius 2 is 1.69 bits per heavy atom. The van der Waals surface area contributed by atoms with Gasteiger partial charge < -0.3 is 8.83 Å². The molecular formula is C27H15Cl2N3O3. The molecule has 0 aliphatic carbocycles. The lowest BCUT2D eigenvalue weighted by atomic mass is 10.2. The zero-order chi connectivity index (χ0) is 23.9. The number of hydrogen-bond donors (Lipinski definition) is 0. The molecule has 0 atom stereocenters. The second-order valence-corrected chi connectivity index (χ2v) is 8.63. The van der Waals surface area contributed by atoms with Gasteiger partial charge in [-0.05, 0) is 54.6 Å². The summed E-state index contributed by atoms with van der Waals surface area (Å²) < 4.78 is 13.1. The van der Waals surface area contributed by atoms with Gasteiger partial charge in [-0.1, -0.05) is 53.5 Å². The van der Waals surface area contributed by atoms with Crippen molar-refractivity contribution in [2.24, 2.45) is 5.10 Å². The highest BCUT2D eigenvalue weighted by molar-refractivity contribution is 6.36. The van der Waals surface area contributed by atoms with Crippen LogP contribution in [0.2, 0.25) is 10.0 Å². The number of furan rings is 2. The van der Waals surface area contributed by atoms with Gasteiger partial charge in [-0.2, -0.15) is 9.78 Å². The van der Waals surface area contributed by atoms with Gasteiger partial charge in [0, 0.05) is 16.0 Å². The van der Waals surface area contributed by atoms with E-state index < -0.39 is 0 Å². The Morgan fingerprint density at radius 3 is 2.54 bits per heavy atom. The van der Waals surface area contributed by atoms with Crippen molar-refractivity contribution in [2.75, 3.05) is 0 Å². The Labute approximate surface area is 208 Å². The van der Waals surface area contributed by atoms with E-state index in [2.05, 4.69) is 10.1 Å². The van der Waals surface area contributed by atoms with Crippen molar-refractivity contribution >= 4 is 51.3 Å². The van der Waals surface area contributed by atoms with Crippen molar-refractivity contribution in [2.45, 2.75) is 0 Å². The molecule has 0 bridgehead atoms. The van der Waals surface area contributed by atoms with E-state index in [9.17, 15) is 4.79 Å². The summed E-state index contributed by atoms with van der Waals surface area (Å²) in [5.74, 6) is 1.70. The van der Waals surface area contributed by atoms with E-state index >= 15 is 0 Å². The fourth-order valence-corrected chi connectivity index (χ4v) is 4.35. The Kier molecular flexibility index (Phi) is 5.25. The number of aromatic nitrogens is 2. The van der Waals surface area contributed by atoms with Crippen LogP contribution in [0.15, 0.2) is 104 Å². The van der Waals surface area contributed by atoms with Gasteiger partial charge in [0.25, 0.3) is 5.56 Å². The standard InChI is InChI=1S/C27H15Cl2N3O3/c28-17-9-11-19(21(29)14-17)24-12-10-18(34-24)15-30-32-26(25-13-16-5-1-4-8-23(16)35-25)31-22-7-3-2-6-20(22)27(32)33/h1-15H. The quantitative estimate of drug-likeness (QED) is 0.239. The molecule has 3 aromatic heterocycles. The van der Waals surface area contributed by atoms with E-state index in [1.165, 1.54) is 10.9 Å². The van der Waals surface area contributed by atoms with Crippen LogP contribution in [-0.2, 0) is 0 Å². The fourth-order valence-electron chi connectivity index (χ4n) is 3.85. The van der Waals surface area contributed by atoms with Crippen LogP contribution in [0.1, 0.15) is 5.76 Å². The molecule has 0 saturated carbocycles. The van der Waals surface area contributed by atoms with Crippen LogP contribution in [0.25, 0.3) is 44.8 Å². The minimum atomic E-state index is -0.324. The molecule has 6 nitrogen and oxygen atoms in total. The van der Waals surface area contributed by atoms with Crippen molar-refractivity contribution in [3.05, 3.63) is 111 Å². The van der Waals surface area contributed by atoms with Crippen LogP contribution in [-0.4, -0.2) is 15.9 Å². The van der Waals surface area contributed by atoms with E-state index in [4.69, 9.17) is 32.0 Å². The molecule has 8 heteroatoms. The van der Waals surface area contributed by atoms with Gasteiger partial charge in [0.05, 0.1) is 22.1 Å². The van der Waals surface area contributed by atoms with Crippen LogP contribution in [0.5, 0.6) is 0 Å². The highest BCUT2D eigenvalue weighted by Gasteiger charge is 2.16. The Hall–Kier alpha value is -4.13. The van der Waals surface area contributed by atoms with Gasteiger partial charge in [-0.3, -0.25) is 4.79 Å². The average molecular weight is 500 g/mol. The summed E-state index contributed by atoms with van der Waals surface area (Å²) in [5.41, 5.74) is 1.62. The fraction of sp³-hybridized carbons (Fsp3) is 0. The van der Waals surface area contributed by atoms with Crippen molar-refractivity contribution in [3.8, 4) is 22.9 Å². The maximum absolute atomic E-state index is 13.4. The zero-order valence-corrected chi connectivity index (χ0v) is 19.5. The first kappa shape index (κ1) is 21.4. The Morgan fingerprint density at radius 1 is 0.857 bits per heavy atom. The maximum Gasteiger partial charge on any atom is 0.282 e. The molecule has 0 aliphatic heterocycles. The summed E-state index contributed by atoms with van der Waals surface area (Å²) in [4.78, 5) is 18.1. The largest absolute Gasteiger partial charge is 0.455 e. The predicted molar refractivity (Wildman–Crippen MR) is 138 cm³/mol. The molecule has 6 aromatic rings. The number of fused-ring (bicyclic) bond motifs is 2. The minimum absolute atomic E-state index is 0.286. The third-order valence-corrected chi connectivity index (χ3v) is 6.07. The molecule has 0 N–H and O–H groups in total. The van der Waals surface area contributed by atoms with Crippen LogP contribution >= 0.6 is 23.2 Å². The molecule has 0 unspecified atom stereocenters. The Bertz CT molecular complexity index is 1780. The predicted octanol–water partition coefficient (Wildman–Crippen LogP) is 7.26. The summed E-state index contributed by atoms with van der Waals surface area (Å²) in [6.07, 6.45) is 1.46. The molecule has 170 valence electrons. The lowest BCUT2D eigenvalue weighted by molar-refractivity contribution is 0.573. The summed E-state index contributed by atoms with van der Waals surface area (Å²) in [6.45, 7) is 0. The molecule has 35 heavy (non-hydrogen) atoms. The zero-order valence-electron chi connectivity index (χ0n) is 18.0. The molecule has 0 fully saturated rings. The van der Waals surface area contributed by atoms with Crippen LogP contribution in [0.4, 0.5) is 0 Å². The third kappa shape index (κ3) is 3.93.